The molecule has 0 aliphatic rings. The minimum absolute atomic E-state index is 0.284. The van der Waals surface area contributed by atoms with Crippen LogP contribution in [-0.2, 0) is 0 Å². The van der Waals surface area contributed by atoms with Gasteiger partial charge in [0.05, 0.1) is 12.2 Å². The number of hydrogen-bond donors (Lipinski definition) is 2. The van der Waals surface area contributed by atoms with E-state index in [1.807, 2.05) is 0 Å². The average Bonchev–Trinajstić information content (AvgIpc) is 2.03. The highest BCUT2D eigenvalue weighted by molar-refractivity contribution is 5.06. The van der Waals surface area contributed by atoms with E-state index in [1.54, 1.807) is 13.8 Å². The van der Waals surface area contributed by atoms with Gasteiger partial charge in [-0.05, 0) is 13.8 Å². The maximum Gasteiger partial charge on any atom is 0.0611 e. The van der Waals surface area contributed by atoms with E-state index in [0.717, 1.165) is 0 Å². The van der Waals surface area contributed by atoms with E-state index in [-0.39, 0.29) is 12.8 Å². The third-order valence-corrected chi connectivity index (χ3v) is 2.53. The first-order valence-electron chi connectivity index (χ1n) is 4.24. The molecule has 0 bridgehead atoms. The van der Waals surface area contributed by atoms with Crippen LogP contribution in [0.2, 0.25) is 0 Å². The van der Waals surface area contributed by atoms with Gasteiger partial charge in [0.1, 0.15) is 0 Å². The average molecular weight is 180 g/mol. The maximum absolute atomic E-state index is 9.54. The van der Waals surface area contributed by atoms with Crippen LogP contribution in [0.1, 0.15) is 26.7 Å². The molecule has 2 N–H and O–H groups in total. The predicted molar refractivity (Wildman–Crippen MR) is 52.7 cm³/mol. The third kappa shape index (κ3) is 2.49. The first-order valence-corrected chi connectivity index (χ1v) is 4.24. The van der Waals surface area contributed by atoms with Gasteiger partial charge < -0.3 is 10.2 Å². The molecule has 0 aromatic heterocycles. The zero-order valence-corrected chi connectivity index (χ0v) is 8.12. The topological polar surface area (TPSA) is 40.5 Å². The number of hydrogen-bond acceptors (Lipinski definition) is 2. The van der Waals surface area contributed by atoms with Crippen molar-refractivity contribution in [1.29, 1.82) is 0 Å². The fraction of sp³-hybridized carbons (Fsp3) is 0.636. The van der Waals surface area contributed by atoms with Crippen LogP contribution in [-0.4, -0.2) is 22.4 Å². The molecule has 0 aromatic carbocycles. The largest absolute Gasteiger partial charge is 0.393 e. The lowest BCUT2D eigenvalue weighted by Crippen LogP contribution is -2.42. The van der Waals surface area contributed by atoms with Gasteiger partial charge in [0.15, 0.2) is 0 Å². The molecule has 2 nitrogen and oxygen atoms in total. The smallest absolute Gasteiger partial charge is 0.0611 e. The van der Waals surface area contributed by atoms with E-state index in [1.165, 1.54) is 0 Å². The van der Waals surface area contributed by atoms with Gasteiger partial charge in [0, 0.05) is 18.3 Å². The second-order valence-electron chi connectivity index (χ2n) is 3.35. The van der Waals surface area contributed by atoms with Gasteiger partial charge in [-0.1, -0.05) is 0 Å². The number of rotatable bonds is 4. The van der Waals surface area contributed by atoms with Crippen molar-refractivity contribution in [3.05, 3.63) is 0 Å². The Morgan fingerprint density at radius 3 is 1.54 bits per heavy atom. The van der Waals surface area contributed by atoms with Crippen LogP contribution in [0.5, 0.6) is 0 Å². The fourth-order valence-corrected chi connectivity index (χ4v) is 1.38. The first kappa shape index (κ1) is 12.0. The van der Waals surface area contributed by atoms with Crippen molar-refractivity contribution in [2.75, 3.05) is 0 Å². The molecule has 72 valence electrons. The highest BCUT2D eigenvalue weighted by atomic mass is 16.3. The van der Waals surface area contributed by atoms with Gasteiger partial charge in [-0.2, -0.15) is 0 Å². The highest BCUT2D eigenvalue weighted by Gasteiger charge is 2.38. The summed E-state index contributed by atoms with van der Waals surface area (Å²) >= 11 is 0. The summed E-state index contributed by atoms with van der Waals surface area (Å²) in [4.78, 5) is 0. The minimum atomic E-state index is -0.760. The summed E-state index contributed by atoms with van der Waals surface area (Å²) in [5, 5.41) is 19.1. The van der Waals surface area contributed by atoms with Crippen molar-refractivity contribution in [3.63, 3.8) is 0 Å². The molecule has 0 heterocycles. The predicted octanol–water partition coefficient (Wildman–Crippen LogP) is 0.781. The lowest BCUT2D eigenvalue weighted by atomic mass is 9.73. The van der Waals surface area contributed by atoms with E-state index in [9.17, 15) is 10.2 Å². The van der Waals surface area contributed by atoms with Crippen molar-refractivity contribution < 1.29 is 10.2 Å². The SMILES string of the molecule is C#CCC(CC#C)([C@@H](C)O)[C@@H](C)O. The van der Waals surface area contributed by atoms with Crippen LogP contribution in [0.3, 0.4) is 0 Å². The maximum atomic E-state index is 9.54. The Morgan fingerprint density at radius 2 is 1.38 bits per heavy atom. The molecule has 2 atom stereocenters. The van der Waals surface area contributed by atoms with Crippen LogP contribution in [0.25, 0.3) is 0 Å². The lowest BCUT2D eigenvalue weighted by molar-refractivity contribution is -0.0478. The molecule has 0 fully saturated rings. The zero-order valence-electron chi connectivity index (χ0n) is 8.12. The van der Waals surface area contributed by atoms with Crippen LogP contribution < -0.4 is 0 Å². The Labute approximate surface area is 80.0 Å². The Bertz CT molecular complexity index is 201. The van der Waals surface area contributed by atoms with E-state index in [2.05, 4.69) is 11.8 Å². The van der Waals surface area contributed by atoms with Crippen LogP contribution in [0.4, 0.5) is 0 Å². The lowest BCUT2D eigenvalue weighted by Gasteiger charge is -2.36. The number of aliphatic hydroxyl groups is 2. The molecule has 0 unspecified atom stereocenters. The van der Waals surface area contributed by atoms with Gasteiger partial charge in [0.2, 0.25) is 0 Å². The summed E-state index contributed by atoms with van der Waals surface area (Å²) < 4.78 is 0. The molecule has 0 saturated heterocycles. The van der Waals surface area contributed by atoms with Crippen molar-refractivity contribution in [3.8, 4) is 24.7 Å². The number of terminal acetylenes is 2. The van der Waals surface area contributed by atoms with Crippen LogP contribution >= 0.6 is 0 Å². The molecule has 0 aliphatic heterocycles. The monoisotopic (exact) mass is 180 g/mol. The zero-order chi connectivity index (χ0) is 10.5. The molecule has 0 amide bonds. The summed E-state index contributed by atoms with van der Waals surface area (Å²) in [5.41, 5.74) is -0.760. The van der Waals surface area contributed by atoms with E-state index < -0.39 is 17.6 Å². The van der Waals surface area contributed by atoms with Crippen molar-refractivity contribution >= 4 is 0 Å². The molecule has 0 aliphatic carbocycles. The second kappa shape index (κ2) is 4.92. The summed E-state index contributed by atoms with van der Waals surface area (Å²) in [6.45, 7) is 3.20. The standard InChI is InChI=1S/C11H16O2/c1-5-7-11(8-6-2,9(3)12)10(4)13/h1-2,9-10,12-13H,7-8H2,3-4H3/t9-,10-/m1/s1. The van der Waals surface area contributed by atoms with E-state index in [0.29, 0.717) is 0 Å². The number of aliphatic hydroxyl groups excluding tert-OH is 2. The second-order valence-corrected chi connectivity index (χ2v) is 3.35. The van der Waals surface area contributed by atoms with Gasteiger partial charge in [-0.25, -0.2) is 0 Å². The van der Waals surface area contributed by atoms with Crippen LogP contribution in [0, 0.1) is 30.1 Å². The Morgan fingerprint density at radius 1 is 1.08 bits per heavy atom. The Hall–Kier alpha value is -0.960. The first-order chi connectivity index (χ1) is 6.01. The summed E-state index contributed by atoms with van der Waals surface area (Å²) in [6, 6.07) is 0. The molecule has 0 spiro atoms. The molecule has 13 heavy (non-hydrogen) atoms. The molecule has 0 rings (SSSR count). The highest BCUT2D eigenvalue weighted by Crippen LogP contribution is 2.34. The molecule has 0 radical (unpaired) electrons. The molecular formula is C11H16O2. The molecule has 0 saturated carbocycles. The Balaban J connectivity index is 4.85. The van der Waals surface area contributed by atoms with E-state index in [4.69, 9.17) is 12.8 Å². The minimum Gasteiger partial charge on any atom is -0.393 e. The molecular weight excluding hydrogens is 164 g/mol. The molecule has 2 heteroatoms. The van der Waals surface area contributed by atoms with Gasteiger partial charge in [-0.3, -0.25) is 0 Å². The summed E-state index contributed by atoms with van der Waals surface area (Å²) in [5.74, 6) is 4.88. The van der Waals surface area contributed by atoms with Crippen molar-refractivity contribution in [2.24, 2.45) is 5.41 Å². The fourth-order valence-electron chi connectivity index (χ4n) is 1.38. The third-order valence-electron chi connectivity index (χ3n) is 2.53. The van der Waals surface area contributed by atoms with E-state index >= 15 is 0 Å². The van der Waals surface area contributed by atoms with Crippen LogP contribution in [0.15, 0.2) is 0 Å². The summed E-state index contributed by atoms with van der Waals surface area (Å²) in [7, 11) is 0. The summed E-state index contributed by atoms with van der Waals surface area (Å²) in [6.07, 6.45) is 9.51. The van der Waals surface area contributed by atoms with Crippen molar-refractivity contribution in [2.45, 2.75) is 38.9 Å². The van der Waals surface area contributed by atoms with Crippen molar-refractivity contribution in [1.82, 2.24) is 0 Å². The Kier molecular flexibility index (Phi) is 4.56. The molecule has 0 aromatic rings. The van der Waals surface area contributed by atoms with Gasteiger partial charge in [0.25, 0.3) is 0 Å². The quantitative estimate of drug-likeness (QED) is 0.628. The van der Waals surface area contributed by atoms with Gasteiger partial charge >= 0.3 is 0 Å². The van der Waals surface area contributed by atoms with Gasteiger partial charge in [-0.15, -0.1) is 24.7 Å². The normalized spacial score (nSPS) is 15.5.